The third-order valence-electron chi connectivity index (χ3n) is 6.77. The Kier molecular flexibility index (Phi) is 10.6. The van der Waals surface area contributed by atoms with Crippen LogP contribution in [0, 0.1) is 0 Å². The summed E-state index contributed by atoms with van der Waals surface area (Å²) < 4.78 is 15.4. The van der Waals surface area contributed by atoms with E-state index >= 15 is 4.39 Å². The predicted octanol–water partition coefficient (Wildman–Crippen LogP) is 10.4. The maximum Gasteiger partial charge on any atom is 0.192 e. The second kappa shape index (κ2) is 14.3. The minimum absolute atomic E-state index is 0.0861. The molecular weight excluding hydrogens is 479 g/mol. The topological polar surface area (TPSA) is 0 Å². The molecule has 0 aliphatic heterocycles. The Morgan fingerprint density at radius 3 is 1.58 bits per heavy atom. The third-order valence-corrected chi connectivity index (χ3v) is 9.28. The monoisotopic (exact) mass is 514 g/mol. The highest BCUT2D eigenvalue weighted by Crippen LogP contribution is 2.46. The van der Waals surface area contributed by atoms with Crippen LogP contribution < -0.4 is 0 Å². The number of hydrogen-bond acceptors (Lipinski definition) is 2. The van der Waals surface area contributed by atoms with Crippen LogP contribution in [-0.2, 0) is 5.75 Å². The lowest BCUT2D eigenvalue weighted by Crippen LogP contribution is -2.11. The Balaban J connectivity index is 1.54. The van der Waals surface area contributed by atoms with Crippen molar-refractivity contribution in [3.63, 3.8) is 0 Å². The first-order valence-corrected chi connectivity index (χ1v) is 14.8. The third kappa shape index (κ3) is 8.01. The summed E-state index contributed by atoms with van der Waals surface area (Å²) >= 11 is 2.85. The summed E-state index contributed by atoms with van der Waals surface area (Å²) in [5.41, 5.74) is 5.12. The number of thioether (sulfide) groups is 2. The van der Waals surface area contributed by atoms with Crippen molar-refractivity contribution in [3.05, 3.63) is 144 Å². The lowest BCUT2D eigenvalue weighted by Gasteiger charge is -2.28. The van der Waals surface area contributed by atoms with E-state index in [1.165, 1.54) is 40.2 Å². The van der Waals surface area contributed by atoms with E-state index < -0.39 is 4.84 Å². The van der Waals surface area contributed by atoms with Crippen LogP contribution in [0.3, 0.4) is 0 Å². The Morgan fingerprint density at radius 2 is 1.06 bits per heavy atom. The molecule has 0 nitrogen and oxygen atoms in total. The zero-order chi connectivity index (χ0) is 25.0. The van der Waals surface area contributed by atoms with Crippen LogP contribution in [0.2, 0.25) is 0 Å². The van der Waals surface area contributed by atoms with Crippen LogP contribution in [0.5, 0.6) is 0 Å². The number of halogens is 1. The molecule has 0 N–H and O–H groups in total. The molecular formula is C33H35FS2. The van der Waals surface area contributed by atoms with Gasteiger partial charge in [-0.25, -0.2) is 4.39 Å². The molecule has 0 amide bonds. The van der Waals surface area contributed by atoms with Gasteiger partial charge in [0.1, 0.15) is 0 Å². The van der Waals surface area contributed by atoms with Crippen molar-refractivity contribution in [2.45, 2.75) is 53.9 Å². The molecule has 4 aromatic carbocycles. The molecule has 36 heavy (non-hydrogen) atoms. The minimum Gasteiger partial charge on any atom is -0.223 e. The van der Waals surface area contributed by atoms with Crippen LogP contribution in [0.4, 0.5) is 4.39 Å². The van der Waals surface area contributed by atoms with E-state index in [9.17, 15) is 0 Å². The Hall–Kier alpha value is -2.49. The first-order valence-electron chi connectivity index (χ1n) is 12.8. The molecule has 0 saturated carbocycles. The summed E-state index contributed by atoms with van der Waals surface area (Å²) in [5, 5.41) is 0.0861. The first kappa shape index (κ1) is 26.6. The molecule has 4 rings (SSSR count). The maximum absolute atomic E-state index is 15.4. The van der Waals surface area contributed by atoms with Crippen molar-refractivity contribution in [2.75, 3.05) is 0 Å². The average Bonchev–Trinajstić information content (AvgIpc) is 2.95. The molecule has 0 radical (unpaired) electrons. The van der Waals surface area contributed by atoms with E-state index in [2.05, 4.69) is 104 Å². The second-order valence-corrected chi connectivity index (χ2v) is 11.8. The van der Waals surface area contributed by atoms with Gasteiger partial charge in [0.25, 0.3) is 0 Å². The van der Waals surface area contributed by atoms with Crippen molar-refractivity contribution in [1.82, 2.24) is 0 Å². The molecule has 0 saturated heterocycles. The minimum atomic E-state index is -0.983. The summed E-state index contributed by atoms with van der Waals surface area (Å²) in [4.78, 5) is -0.983. The van der Waals surface area contributed by atoms with Crippen LogP contribution in [0.25, 0.3) is 0 Å². The smallest absolute Gasteiger partial charge is 0.192 e. The van der Waals surface area contributed by atoms with E-state index in [-0.39, 0.29) is 5.25 Å². The van der Waals surface area contributed by atoms with Gasteiger partial charge in [0.15, 0.2) is 4.84 Å². The number of alkyl halides is 1. The molecule has 3 heteroatoms. The van der Waals surface area contributed by atoms with Crippen LogP contribution in [0.1, 0.15) is 65.5 Å². The molecule has 0 heterocycles. The van der Waals surface area contributed by atoms with E-state index in [4.69, 9.17) is 0 Å². The summed E-state index contributed by atoms with van der Waals surface area (Å²) in [6, 6.07) is 42.3. The summed E-state index contributed by atoms with van der Waals surface area (Å²) in [5.74, 6) is 1.51. The van der Waals surface area contributed by atoms with Crippen molar-refractivity contribution >= 4 is 23.5 Å². The molecule has 0 fully saturated rings. The lowest BCUT2D eigenvalue weighted by molar-refractivity contribution is 0.489. The first-order chi connectivity index (χ1) is 17.7. The summed E-state index contributed by atoms with van der Waals surface area (Å²) in [7, 11) is 0. The molecule has 0 aliphatic rings. The predicted molar refractivity (Wildman–Crippen MR) is 157 cm³/mol. The molecule has 0 aliphatic carbocycles. The van der Waals surface area contributed by atoms with Gasteiger partial charge in [-0.3, -0.25) is 0 Å². The lowest BCUT2D eigenvalue weighted by atomic mass is 9.81. The fraction of sp³-hybridized carbons (Fsp3) is 0.273. The van der Waals surface area contributed by atoms with Gasteiger partial charge in [0.2, 0.25) is 0 Å². The van der Waals surface area contributed by atoms with Gasteiger partial charge in [-0.05, 0) is 53.4 Å². The maximum atomic E-state index is 15.4. The fourth-order valence-electron chi connectivity index (χ4n) is 4.80. The van der Waals surface area contributed by atoms with E-state index in [1.54, 1.807) is 0 Å². The standard InChI is InChI=1S/C33H35FS2/c1-2-27(28-17-9-4-10-18-28)23-31(29-19-11-5-12-20-29)24-32(30-21-13-6-14-22-30)36-33(34)35-25-26-15-7-3-8-16-26/h3-22,27,31-33H,2,23-25H2,1H3. The molecule has 186 valence electrons. The Labute approximate surface area is 224 Å². The van der Waals surface area contributed by atoms with Crippen molar-refractivity contribution in [3.8, 4) is 0 Å². The SMILES string of the molecule is CCC(CC(CC(SC(F)SCc1ccccc1)c1ccccc1)c1ccccc1)c1ccccc1. The van der Waals surface area contributed by atoms with Gasteiger partial charge in [0, 0.05) is 11.0 Å². The van der Waals surface area contributed by atoms with Gasteiger partial charge in [-0.2, -0.15) is 0 Å². The van der Waals surface area contributed by atoms with Crippen molar-refractivity contribution in [1.29, 1.82) is 0 Å². The molecule has 0 spiro atoms. The normalized spacial score (nSPS) is 14.6. The van der Waals surface area contributed by atoms with Gasteiger partial charge < -0.3 is 0 Å². The number of rotatable bonds is 13. The van der Waals surface area contributed by atoms with Crippen LogP contribution >= 0.6 is 23.5 Å². The highest BCUT2D eigenvalue weighted by atomic mass is 32.2. The van der Waals surface area contributed by atoms with Gasteiger partial charge in [-0.15, -0.1) is 23.5 Å². The quantitative estimate of drug-likeness (QED) is 0.163. The second-order valence-electron chi connectivity index (χ2n) is 9.20. The highest BCUT2D eigenvalue weighted by molar-refractivity contribution is 8.16. The number of hydrogen-bond donors (Lipinski definition) is 0. The summed E-state index contributed by atoms with van der Waals surface area (Å²) in [6.45, 7) is 2.28. The zero-order valence-corrected chi connectivity index (χ0v) is 22.5. The molecule has 0 bridgehead atoms. The zero-order valence-electron chi connectivity index (χ0n) is 20.9. The Morgan fingerprint density at radius 1 is 0.583 bits per heavy atom. The molecule has 4 aromatic rings. The fourth-order valence-corrected chi connectivity index (χ4v) is 7.15. The molecule has 0 aromatic heterocycles. The van der Waals surface area contributed by atoms with Crippen molar-refractivity contribution < 1.29 is 4.39 Å². The van der Waals surface area contributed by atoms with E-state index in [1.807, 2.05) is 24.3 Å². The van der Waals surface area contributed by atoms with E-state index in [0.717, 1.165) is 24.8 Å². The van der Waals surface area contributed by atoms with Gasteiger partial charge in [-0.1, -0.05) is 128 Å². The largest absolute Gasteiger partial charge is 0.223 e. The highest BCUT2D eigenvalue weighted by Gasteiger charge is 2.26. The van der Waals surface area contributed by atoms with Crippen molar-refractivity contribution in [2.24, 2.45) is 0 Å². The Bertz CT molecular complexity index is 1120. The average molecular weight is 515 g/mol. The van der Waals surface area contributed by atoms with E-state index in [0.29, 0.717) is 17.6 Å². The van der Waals surface area contributed by atoms with Gasteiger partial charge >= 0.3 is 0 Å². The summed E-state index contributed by atoms with van der Waals surface area (Å²) in [6.07, 6.45) is 3.06. The molecule has 4 atom stereocenters. The van der Waals surface area contributed by atoms with Crippen LogP contribution in [-0.4, -0.2) is 4.84 Å². The van der Waals surface area contributed by atoms with Crippen LogP contribution in [0.15, 0.2) is 121 Å². The molecule has 4 unspecified atom stereocenters. The number of benzene rings is 4. The van der Waals surface area contributed by atoms with Gasteiger partial charge in [0.05, 0.1) is 0 Å².